The summed E-state index contributed by atoms with van der Waals surface area (Å²) in [6.45, 7) is 1.72. The van der Waals surface area contributed by atoms with Gasteiger partial charge in [0, 0.05) is 41.5 Å². The molecule has 9 atom stereocenters. The van der Waals surface area contributed by atoms with Gasteiger partial charge in [0.05, 0.1) is 19.8 Å². The van der Waals surface area contributed by atoms with E-state index in [2.05, 4.69) is 48.2 Å². The lowest BCUT2D eigenvalue weighted by molar-refractivity contribution is -0.133. The molecule has 3 saturated heterocycles. The number of aliphatic hydroxyl groups excluding tert-OH is 2. The lowest BCUT2D eigenvalue weighted by atomic mass is 9.72. The first-order valence-corrected chi connectivity index (χ1v) is 18.9. The van der Waals surface area contributed by atoms with E-state index in [4.69, 9.17) is 14.2 Å². The molecule has 5 aliphatic heterocycles. The number of fused-ring (bicyclic) bond motifs is 3. The standard InChI is InChI=1S/C35H45NO6S2/c1-20-31-28-15-22(13-21-7-4-3-5-8-21)14-27-29(38)16-23-9-6-10-24(23)18-43-44-19-25(36(27)28)11-12-30(31)41-32(20)34-33(40-2)26(17-37)35(39)42-34/h3-5,7-8,12,20,22-25,27-29,31,37-38H,6,9-11,13-19H2,1-2H3/t20-,22+,23-,24+,25-,27?,28-,29+,31+/m1/s1. The van der Waals surface area contributed by atoms with Crippen LogP contribution in [0.1, 0.15) is 57.4 Å². The number of esters is 1. The topological polar surface area (TPSA) is 88.5 Å². The Hall–Kier alpha value is -1.91. The van der Waals surface area contributed by atoms with Crippen LogP contribution in [-0.2, 0) is 25.4 Å². The summed E-state index contributed by atoms with van der Waals surface area (Å²) in [7, 11) is 5.55. The molecule has 7 rings (SSSR count). The zero-order chi connectivity index (χ0) is 30.4. The number of carbonyl (C=O) groups excluding carboxylic acids is 1. The summed E-state index contributed by atoms with van der Waals surface area (Å²) in [5.74, 6) is 5.48. The average Bonchev–Trinajstić information content (AvgIpc) is 3.67. The molecule has 0 aromatic heterocycles. The van der Waals surface area contributed by atoms with E-state index in [0.29, 0.717) is 35.3 Å². The molecule has 4 fully saturated rings. The molecule has 7 nitrogen and oxygen atoms in total. The van der Waals surface area contributed by atoms with E-state index in [1.54, 1.807) is 0 Å². The first-order chi connectivity index (χ1) is 21.5. The number of ether oxygens (including phenoxy) is 3. The molecule has 0 bridgehead atoms. The van der Waals surface area contributed by atoms with Gasteiger partial charge in [0.25, 0.3) is 0 Å². The van der Waals surface area contributed by atoms with Crippen LogP contribution in [0.3, 0.4) is 0 Å². The zero-order valence-electron chi connectivity index (χ0n) is 25.7. The Morgan fingerprint density at radius 2 is 1.80 bits per heavy atom. The predicted octanol–water partition coefficient (Wildman–Crippen LogP) is 5.84. The smallest absolute Gasteiger partial charge is 0.345 e. The van der Waals surface area contributed by atoms with Gasteiger partial charge in [-0.25, -0.2) is 4.79 Å². The van der Waals surface area contributed by atoms with Gasteiger partial charge in [-0.15, -0.1) is 0 Å². The second-order valence-corrected chi connectivity index (χ2v) is 16.1. The van der Waals surface area contributed by atoms with Crippen molar-refractivity contribution in [1.82, 2.24) is 4.90 Å². The van der Waals surface area contributed by atoms with Crippen LogP contribution in [0.5, 0.6) is 0 Å². The molecule has 9 heteroatoms. The molecular formula is C35H45NO6S2. The van der Waals surface area contributed by atoms with Crippen LogP contribution in [-0.4, -0.2) is 70.5 Å². The van der Waals surface area contributed by atoms with Crippen molar-refractivity contribution in [1.29, 1.82) is 0 Å². The number of nitrogens with zero attached hydrogens (tertiary/aromatic N) is 1. The SMILES string of the molecule is COC1=C(CO)C(=O)OC1=C1OC2=CC[C@@H]3CSSC[C@@H]4CCC[C@@H]4C[C@H](O)C4C[C@H](Cc5ccccc5)C[C@H]([C@@H]2[C@H]1C)N43. The maximum atomic E-state index is 12.6. The normalized spacial score (nSPS) is 39.3. The molecule has 1 unspecified atom stereocenters. The lowest BCUT2D eigenvalue weighted by Gasteiger charge is -2.52. The molecule has 0 radical (unpaired) electrons. The van der Waals surface area contributed by atoms with Crippen LogP contribution in [0.25, 0.3) is 0 Å². The average molecular weight is 640 g/mol. The fraction of sp³-hybridized carbons (Fsp3) is 0.629. The van der Waals surface area contributed by atoms with Gasteiger partial charge in [-0.2, -0.15) is 0 Å². The molecule has 238 valence electrons. The van der Waals surface area contributed by atoms with Crippen LogP contribution in [0.2, 0.25) is 0 Å². The summed E-state index contributed by atoms with van der Waals surface area (Å²) < 4.78 is 17.9. The van der Waals surface area contributed by atoms with Crippen LogP contribution >= 0.6 is 21.6 Å². The highest BCUT2D eigenvalue weighted by Gasteiger charge is 2.53. The van der Waals surface area contributed by atoms with E-state index in [-0.39, 0.29) is 41.4 Å². The van der Waals surface area contributed by atoms with E-state index in [0.717, 1.165) is 43.6 Å². The Morgan fingerprint density at radius 3 is 2.59 bits per heavy atom. The Kier molecular flexibility index (Phi) is 9.13. The summed E-state index contributed by atoms with van der Waals surface area (Å²) in [6, 6.07) is 11.4. The number of benzene rings is 1. The predicted molar refractivity (Wildman–Crippen MR) is 173 cm³/mol. The third kappa shape index (κ3) is 5.65. The van der Waals surface area contributed by atoms with Crippen LogP contribution in [0.4, 0.5) is 0 Å². The van der Waals surface area contributed by atoms with Gasteiger partial charge in [0.1, 0.15) is 11.3 Å². The summed E-state index contributed by atoms with van der Waals surface area (Å²) in [5, 5.41) is 22.0. The second-order valence-electron chi connectivity index (χ2n) is 13.6. The van der Waals surface area contributed by atoms with E-state index in [1.807, 2.05) is 21.6 Å². The van der Waals surface area contributed by atoms with E-state index < -0.39 is 12.6 Å². The summed E-state index contributed by atoms with van der Waals surface area (Å²) in [6.07, 6.45) is 10.5. The van der Waals surface area contributed by atoms with E-state index >= 15 is 0 Å². The molecule has 1 aliphatic carbocycles. The van der Waals surface area contributed by atoms with Crippen molar-refractivity contribution in [3.8, 4) is 0 Å². The summed E-state index contributed by atoms with van der Waals surface area (Å²) in [5.41, 5.74) is 1.48. The molecule has 5 heterocycles. The number of hydrogen-bond donors (Lipinski definition) is 2. The monoisotopic (exact) mass is 639 g/mol. The maximum Gasteiger partial charge on any atom is 0.345 e. The highest BCUT2D eigenvalue weighted by atomic mass is 33.1. The van der Waals surface area contributed by atoms with Crippen molar-refractivity contribution in [2.45, 2.75) is 82.5 Å². The minimum Gasteiger partial charge on any atom is -0.492 e. The second kappa shape index (κ2) is 13.1. The maximum absolute atomic E-state index is 12.6. The fourth-order valence-electron chi connectivity index (χ4n) is 9.11. The van der Waals surface area contributed by atoms with Crippen molar-refractivity contribution in [2.75, 3.05) is 25.2 Å². The van der Waals surface area contributed by atoms with Gasteiger partial charge >= 0.3 is 5.97 Å². The van der Waals surface area contributed by atoms with Crippen LogP contribution < -0.4 is 0 Å². The fourth-order valence-corrected chi connectivity index (χ4v) is 12.0. The van der Waals surface area contributed by atoms with Crippen molar-refractivity contribution >= 4 is 27.6 Å². The van der Waals surface area contributed by atoms with Gasteiger partial charge < -0.3 is 24.4 Å². The molecule has 1 saturated carbocycles. The molecule has 1 aromatic carbocycles. The highest BCUT2D eigenvalue weighted by molar-refractivity contribution is 8.76. The van der Waals surface area contributed by atoms with Gasteiger partial charge in [-0.3, -0.25) is 4.90 Å². The first-order valence-electron chi connectivity index (χ1n) is 16.4. The Labute approximate surface area is 268 Å². The first kappa shape index (κ1) is 30.7. The molecule has 0 amide bonds. The molecule has 6 aliphatic rings. The van der Waals surface area contributed by atoms with Crippen LogP contribution in [0, 0.1) is 29.6 Å². The quantitative estimate of drug-likeness (QED) is 0.312. The number of methoxy groups -OCH3 is 1. The molecule has 44 heavy (non-hydrogen) atoms. The minimum absolute atomic E-state index is 0.0627. The number of piperidine rings is 1. The summed E-state index contributed by atoms with van der Waals surface area (Å²) >= 11 is 0. The van der Waals surface area contributed by atoms with E-state index in [9.17, 15) is 15.0 Å². The highest BCUT2D eigenvalue weighted by Crippen LogP contribution is 2.52. The lowest BCUT2D eigenvalue weighted by Crippen LogP contribution is -2.60. The Morgan fingerprint density at radius 1 is 1.02 bits per heavy atom. The third-order valence-electron chi connectivity index (χ3n) is 11.2. The van der Waals surface area contributed by atoms with Gasteiger partial charge in [0.2, 0.25) is 5.76 Å². The number of cyclic esters (lactones) is 1. The van der Waals surface area contributed by atoms with Crippen LogP contribution in [0.15, 0.2) is 65.0 Å². The third-order valence-corrected chi connectivity index (χ3v) is 13.7. The van der Waals surface area contributed by atoms with Crippen molar-refractivity contribution in [2.24, 2.45) is 29.6 Å². The summed E-state index contributed by atoms with van der Waals surface area (Å²) in [4.78, 5) is 15.3. The number of rotatable bonds is 4. The molecule has 1 aromatic rings. The largest absolute Gasteiger partial charge is 0.492 e. The minimum atomic E-state index is -0.584. The Balaban J connectivity index is 1.28. The van der Waals surface area contributed by atoms with E-state index in [1.165, 1.54) is 37.7 Å². The number of hydrogen-bond acceptors (Lipinski definition) is 9. The van der Waals surface area contributed by atoms with Crippen molar-refractivity contribution in [3.05, 3.63) is 70.6 Å². The van der Waals surface area contributed by atoms with Gasteiger partial charge in [-0.05, 0) is 67.9 Å². The Bertz CT molecular complexity index is 1330. The number of carbonyl (C=O) groups is 1. The molecule has 0 spiro atoms. The van der Waals surface area contributed by atoms with Crippen molar-refractivity contribution < 1.29 is 29.2 Å². The van der Waals surface area contributed by atoms with Gasteiger partial charge in [-0.1, -0.05) is 71.7 Å². The number of aliphatic hydroxyl groups is 2. The number of allylic oxidation sites excluding steroid dienone is 1. The zero-order valence-corrected chi connectivity index (χ0v) is 27.4. The van der Waals surface area contributed by atoms with Gasteiger partial charge in [0.15, 0.2) is 11.5 Å². The molecule has 2 N–H and O–H groups in total. The molecular weight excluding hydrogens is 595 g/mol. The van der Waals surface area contributed by atoms with Crippen molar-refractivity contribution in [3.63, 3.8) is 0 Å².